The maximum atomic E-state index is 12.0. The van der Waals surface area contributed by atoms with Gasteiger partial charge in [0.05, 0.1) is 28.2 Å². The van der Waals surface area contributed by atoms with Crippen molar-refractivity contribution in [1.29, 1.82) is 0 Å². The first-order valence-electron chi connectivity index (χ1n) is 7.32. The van der Waals surface area contributed by atoms with Crippen molar-refractivity contribution in [3.63, 3.8) is 0 Å². The monoisotopic (exact) mass is 353 g/mol. The van der Waals surface area contributed by atoms with Crippen molar-refractivity contribution < 1.29 is 9.90 Å². The molecule has 0 bridgehead atoms. The van der Waals surface area contributed by atoms with E-state index in [0.29, 0.717) is 19.5 Å². The second-order valence-electron chi connectivity index (χ2n) is 5.53. The van der Waals surface area contributed by atoms with E-state index in [-0.39, 0.29) is 24.4 Å². The van der Waals surface area contributed by atoms with Crippen molar-refractivity contribution in [3.8, 4) is 10.4 Å². The average Bonchev–Trinajstić information content (AvgIpc) is 3.14. The number of thiazole rings is 1. The molecular weight excluding hydrogens is 334 g/mol. The first-order chi connectivity index (χ1) is 10.6. The zero-order valence-corrected chi connectivity index (χ0v) is 14.4. The first-order valence-corrected chi connectivity index (χ1v) is 8.20. The molecule has 0 spiro atoms. The van der Waals surface area contributed by atoms with Crippen LogP contribution in [0.2, 0.25) is 0 Å². The van der Waals surface area contributed by atoms with Crippen LogP contribution < -0.4 is 10.6 Å². The van der Waals surface area contributed by atoms with Gasteiger partial charge in [-0.3, -0.25) is 4.79 Å². The lowest BCUT2D eigenvalue weighted by Crippen LogP contribution is -2.39. The number of carbonyl (C=O) groups is 1. The third-order valence-electron chi connectivity index (χ3n) is 3.85. The number of nitrogens with zero attached hydrogens (tertiary/aromatic N) is 1. The van der Waals surface area contributed by atoms with Gasteiger partial charge in [-0.1, -0.05) is 24.3 Å². The van der Waals surface area contributed by atoms with Crippen LogP contribution in [0.4, 0.5) is 0 Å². The van der Waals surface area contributed by atoms with Gasteiger partial charge in [0.1, 0.15) is 0 Å². The van der Waals surface area contributed by atoms with Crippen LogP contribution in [0.5, 0.6) is 0 Å². The quantitative estimate of drug-likeness (QED) is 0.784. The minimum atomic E-state index is -0.419. The number of rotatable bonds is 4. The molecule has 1 aromatic heterocycles. The van der Waals surface area contributed by atoms with Crippen molar-refractivity contribution in [3.05, 3.63) is 41.0 Å². The topological polar surface area (TPSA) is 74.2 Å². The lowest BCUT2D eigenvalue weighted by atomic mass is 10.1. The van der Waals surface area contributed by atoms with Crippen LogP contribution in [0.25, 0.3) is 10.4 Å². The van der Waals surface area contributed by atoms with Crippen molar-refractivity contribution >= 4 is 29.7 Å². The number of β-amino-alcohol motifs (C(OH)–C–C–N with tert-alkyl or cyclic N) is 1. The van der Waals surface area contributed by atoms with Gasteiger partial charge in [-0.15, -0.1) is 23.7 Å². The number of hydrogen-bond acceptors (Lipinski definition) is 5. The van der Waals surface area contributed by atoms with Gasteiger partial charge >= 0.3 is 0 Å². The number of nitrogens with one attached hydrogen (secondary N) is 2. The van der Waals surface area contributed by atoms with E-state index in [0.717, 1.165) is 16.8 Å². The van der Waals surface area contributed by atoms with E-state index in [1.807, 2.05) is 24.6 Å². The van der Waals surface area contributed by atoms with Gasteiger partial charge in [-0.2, -0.15) is 0 Å². The first kappa shape index (κ1) is 17.9. The van der Waals surface area contributed by atoms with E-state index in [1.165, 1.54) is 4.88 Å². The summed E-state index contributed by atoms with van der Waals surface area (Å²) in [4.78, 5) is 17.4. The Labute approximate surface area is 145 Å². The van der Waals surface area contributed by atoms with Crippen molar-refractivity contribution in [1.82, 2.24) is 15.6 Å². The van der Waals surface area contributed by atoms with Gasteiger partial charge in [0.2, 0.25) is 5.91 Å². The molecule has 2 aromatic rings. The SMILES string of the molecule is Cc1ncsc1-c1ccc(CNC(=O)C2C[C@@H](O)CN2)cc1.Cl. The smallest absolute Gasteiger partial charge is 0.237 e. The molecule has 1 unspecified atom stereocenters. The molecule has 1 aliphatic rings. The Kier molecular flexibility index (Phi) is 6.12. The summed E-state index contributed by atoms with van der Waals surface area (Å²) in [5.74, 6) is -0.0565. The summed E-state index contributed by atoms with van der Waals surface area (Å²) in [6, 6.07) is 7.87. The molecule has 5 nitrogen and oxygen atoms in total. The summed E-state index contributed by atoms with van der Waals surface area (Å²) in [5.41, 5.74) is 5.09. The van der Waals surface area contributed by atoms with Crippen LogP contribution in [-0.2, 0) is 11.3 Å². The maximum absolute atomic E-state index is 12.0. The Morgan fingerprint density at radius 3 is 2.74 bits per heavy atom. The van der Waals surface area contributed by atoms with Crippen LogP contribution in [-0.4, -0.2) is 34.7 Å². The number of benzene rings is 1. The molecule has 1 aliphatic heterocycles. The van der Waals surface area contributed by atoms with Crippen LogP contribution in [0, 0.1) is 6.92 Å². The molecule has 7 heteroatoms. The molecule has 0 aliphatic carbocycles. The van der Waals surface area contributed by atoms with E-state index in [1.54, 1.807) is 11.3 Å². The Morgan fingerprint density at radius 2 is 2.17 bits per heavy atom. The number of aryl methyl sites for hydroxylation is 1. The van der Waals surface area contributed by atoms with Crippen LogP contribution >= 0.6 is 23.7 Å². The Balaban J connectivity index is 0.00000192. The fourth-order valence-electron chi connectivity index (χ4n) is 2.58. The van der Waals surface area contributed by atoms with Gasteiger partial charge in [0.15, 0.2) is 0 Å². The molecule has 23 heavy (non-hydrogen) atoms. The van der Waals surface area contributed by atoms with Crippen LogP contribution in [0.3, 0.4) is 0 Å². The largest absolute Gasteiger partial charge is 0.392 e. The summed E-state index contributed by atoms with van der Waals surface area (Å²) in [7, 11) is 0. The number of carbonyl (C=O) groups excluding carboxylic acids is 1. The van der Waals surface area contributed by atoms with Crippen LogP contribution in [0.1, 0.15) is 17.7 Å². The molecule has 2 atom stereocenters. The zero-order chi connectivity index (χ0) is 15.5. The molecule has 3 N–H and O–H groups in total. The van der Waals surface area contributed by atoms with Gasteiger partial charge in [0.25, 0.3) is 0 Å². The number of aromatic nitrogens is 1. The molecule has 3 rings (SSSR count). The summed E-state index contributed by atoms with van der Waals surface area (Å²) in [6.07, 6.45) is 0.0628. The van der Waals surface area contributed by atoms with Gasteiger partial charge < -0.3 is 15.7 Å². The Hall–Kier alpha value is -1.47. The highest BCUT2D eigenvalue weighted by atomic mass is 35.5. The second kappa shape index (κ2) is 7.88. The number of halogens is 1. The fourth-order valence-corrected chi connectivity index (χ4v) is 3.39. The summed E-state index contributed by atoms with van der Waals surface area (Å²) < 4.78 is 0. The van der Waals surface area contributed by atoms with Crippen molar-refractivity contribution in [2.75, 3.05) is 6.54 Å². The summed E-state index contributed by atoms with van der Waals surface area (Å²) in [6.45, 7) is 2.99. The number of aliphatic hydroxyl groups is 1. The molecule has 0 radical (unpaired) electrons. The predicted molar refractivity (Wildman–Crippen MR) is 93.8 cm³/mol. The molecule has 2 heterocycles. The minimum Gasteiger partial charge on any atom is -0.392 e. The lowest BCUT2D eigenvalue weighted by Gasteiger charge is -2.11. The highest BCUT2D eigenvalue weighted by Crippen LogP contribution is 2.27. The van der Waals surface area contributed by atoms with E-state index < -0.39 is 6.10 Å². The molecule has 1 aromatic carbocycles. The van der Waals surface area contributed by atoms with E-state index in [4.69, 9.17) is 0 Å². The number of hydrogen-bond donors (Lipinski definition) is 3. The predicted octanol–water partition coefficient (Wildman–Crippen LogP) is 1.88. The summed E-state index contributed by atoms with van der Waals surface area (Å²) >= 11 is 1.63. The van der Waals surface area contributed by atoms with Gasteiger partial charge in [-0.05, 0) is 24.5 Å². The molecular formula is C16H20ClN3O2S. The lowest BCUT2D eigenvalue weighted by molar-refractivity contribution is -0.123. The number of amides is 1. The van der Waals surface area contributed by atoms with Gasteiger partial charge in [-0.25, -0.2) is 4.98 Å². The zero-order valence-electron chi connectivity index (χ0n) is 12.8. The normalized spacial score (nSPS) is 20.1. The van der Waals surface area contributed by atoms with E-state index >= 15 is 0 Å². The molecule has 1 fully saturated rings. The van der Waals surface area contributed by atoms with Gasteiger partial charge in [0, 0.05) is 13.1 Å². The minimum absolute atomic E-state index is 0. The molecule has 124 valence electrons. The highest BCUT2D eigenvalue weighted by Gasteiger charge is 2.27. The Morgan fingerprint density at radius 1 is 1.43 bits per heavy atom. The summed E-state index contributed by atoms with van der Waals surface area (Å²) in [5, 5.41) is 15.3. The van der Waals surface area contributed by atoms with Crippen LogP contribution in [0.15, 0.2) is 29.8 Å². The third kappa shape index (κ3) is 4.29. The highest BCUT2D eigenvalue weighted by molar-refractivity contribution is 7.13. The molecule has 0 saturated carbocycles. The number of aliphatic hydroxyl groups excluding tert-OH is 1. The standard InChI is InChI=1S/C16H19N3O2S.ClH/c1-10-15(22-9-19-10)12-4-2-11(3-5-12)7-18-16(21)14-6-13(20)8-17-14;/h2-5,9,13-14,17,20H,6-8H2,1H3,(H,18,21);1H/t13-,14?;/m1./s1. The second-order valence-corrected chi connectivity index (χ2v) is 6.39. The van der Waals surface area contributed by atoms with E-state index in [2.05, 4.69) is 27.8 Å². The third-order valence-corrected chi connectivity index (χ3v) is 4.83. The molecule has 1 saturated heterocycles. The fraction of sp³-hybridized carbons (Fsp3) is 0.375. The van der Waals surface area contributed by atoms with Crippen molar-refractivity contribution in [2.45, 2.75) is 32.0 Å². The average molecular weight is 354 g/mol. The Bertz CT molecular complexity index is 660. The molecule has 1 amide bonds. The maximum Gasteiger partial charge on any atom is 0.237 e. The van der Waals surface area contributed by atoms with Crippen molar-refractivity contribution in [2.24, 2.45) is 0 Å². The van der Waals surface area contributed by atoms with E-state index in [9.17, 15) is 9.90 Å².